The summed E-state index contributed by atoms with van der Waals surface area (Å²) in [6, 6.07) is 15.8. The smallest absolute Gasteiger partial charge is 0.335 e. The van der Waals surface area contributed by atoms with Crippen molar-refractivity contribution in [1.29, 1.82) is 0 Å². The molecule has 4 rings (SSSR count). The van der Waals surface area contributed by atoms with Crippen LogP contribution in [0.1, 0.15) is 28.4 Å². The van der Waals surface area contributed by atoms with Gasteiger partial charge in [-0.2, -0.15) is 0 Å². The number of aliphatic imine (C=N–C) groups is 1. The molecule has 0 radical (unpaired) electrons. The Morgan fingerprint density at radius 1 is 1.16 bits per heavy atom. The minimum absolute atomic E-state index is 0.118. The van der Waals surface area contributed by atoms with Crippen LogP contribution in [0.3, 0.4) is 0 Å². The molecule has 3 aromatic carbocycles. The zero-order valence-corrected chi connectivity index (χ0v) is 22.3. The maximum Gasteiger partial charge on any atom is 0.335 e. The lowest BCUT2D eigenvalue weighted by Crippen LogP contribution is -2.28. The van der Waals surface area contributed by atoms with E-state index in [1.807, 2.05) is 6.92 Å². The number of amidine groups is 1. The van der Waals surface area contributed by atoms with Crippen LogP contribution in [0.25, 0.3) is 6.08 Å². The minimum Gasteiger partial charge on any atom is -0.493 e. The second-order valence-corrected chi connectivity index (χ2v) is 9.71. The summed E-state index contributed by atoms with van der Waals surface area (Å²) in [5.41, 5.74) is 2.07. The molecule has 0 aromatic heterocycles. The summed E-state index contributed by atoms with van der Waals surface area (Å²) in [6.07, 6.45) is 1.74. The molecule has 1 N–H and O–H groups in total. The molecule has 37 heavy (non-hydrogen) atoms. The molecule has 190 valence electrons. The number of benzene rings is 3. The van der Waals surface area contributed by atoms with Crippen LogP contribution in [0, 0.1) is 5.82 Å². The predicted molar refractivity (Wildman–Crippen MR) is 145 cm³/mol. The third-order valence-corrected chi connectivity index (χ3v) is 7.09. The van der Waals surface area contributed by atoms with Gasteiger partial charge in [0.25, 0.3) is 5.91 Å². The van der Waals surface area contributed by atoms with Crippen molar-refractivity contribution in [3.8, 4) is 11.5 Å². The van der Waals surface area contributed by atoms with Gasteiger partial charge in [-0.25, -0.2) is 14.2 Å². The fraction of sp³-hybridized carbons (Fsp3) is 0.148. The van der Waals surface area contributed by atoms with Gasteiger partial charge in [-0.05, 0) is 78.4 Å². The first-order valence-corrected chi connectivity index (χ1v) is 12.8. The number of hydrogen-bond acceptors (Lipinski definition) is 6. The average molecular weight is 585 g/mol. The maximum absolute atomic E-state index is 13.2. The van der Waals surface area contributed by atoms with Crippen LogP contribution >= 0.6 is 27.7 Å². The highest BCUT2D eigenvalue weighted by Gasteiger charge is 2.32. The lowest BCUT2D eigenvalue weighted by atomic mass is 10.1. The largest absolute Gasteiger partial charge is 0.493 e. The fourth-order valence-electron chi connectivity index (χ4n) is 3.51. The number of carbonyl (C=O) groups excluding carboxylic acids is 1. The van der Waals surface area contributed by atoms with Crippen LogP contribution in [0.2, 0.25) is 0 Å². The topological polar surface area (TPSA) is 88.4 Å². The van der Waals surface area contributed by atoms with Crippen molar-refractivity contribution < 1.29 is 28.6 Å². The van der Waals surface area contributed by atoms with Crippen LogP contribution in [0.5, 0.6) is 11.5 Å². The van der Waals surface area contributed by atoms with Crippen molar-refractivity contribution >= 4 is 56.5 Å². The number of methoxy groups -OCH3 is 1. The van der Waals surface area contributed by atoms with Gasteiger partial charge in [-0.1, -0.05) is 34.1 Å². The first-order valence-electron chi connectivity index (χ1n) is 11.2. The molecule has 0 saturated carbocycles. The quantitative estimate of drug-likeness (QED) is 0.304. The molecule has 0 spiro atoms. The molecule has 7 nitrogen and oxygen atoms in total. The number of hydrogen-bond donors (Lipinski definition) is 1. The van der Waals surface area contributed by atoms with E-state index in [-0.39, 0.29) is 23.9 Å². The van der Waals surface area contributed by atoms with Crippen molar-refractivity contribution in [1.82, 2.24) is 4.90 Å². The number of aromatic carboxylic acids is 1. The second-order valence-electron chi connectivity index (χ2n) is 7.85. The number of likely N-dealkylation sites (N-methyl/N-ethyl adjacent to an activating group) is 1. The van der Waals surface area contributed by atoms with Crippen LogP contribution in [-0.4, -0.2) is 40.7 Å². The number of rotatable bonds is 8. The monoisotopic (exact) mass is 584 g/mol. The molecular weight excluding hydrogens is 563 g/mol. The molecule has 1 aliphatic rings. The van der Waals surface area contributed by atoms with E-state index >= 15 is 0 Å². The Balaban J connectivity index is 1.59. The molecule has 1 amide bonds. The van der Waals surface area contributed by atoms with E-state index in [0.29, 0.717) is 43.8 Å². The zero-order valence-electron chi connectivity index (χ0n) is 19.9. The first kappa shape index (κ1) is 26.4. The van der Waals surface area contributed by atoms with Gasteiger partial charge >= 0.3 is 5.97 Å². The molecule has 3 aromatic rings. The Labute approximate surface area is 225 Å². The molecule has 0 bridgehead atoms. The molecule has 0 aliphatic carbocycles. The van der Waals surface area contributed by atoms with E-state index in [9.17, 15) is 19.1 Å². The van der Waals surface area contributed by atoms with E-state index in [4.69, 9.17) is 9.47 Å². The van der Waals surface area contributed by atoms with Crippen molar-refractivity contribution in [2.45, 2.75) is 13.5 Å². The van der Waals surface area contributed by atoms with Gasteiger partial charge in [0, 0.05) is 11.0 Å². The summed E-state index contributed by atoms with van der Waals surface area (Å²) < 4.78 is 25.2. The Hall–Kier alpha value is -3.63. The lowest BCUT2D eigenvalue weighted by Gasteiger charge is -2.13. The number of carboxylic acids is 1. The zero-order chi connectivity index (χ0) is 26.5. The lowest BCUT2D eigenvalue weighted by molar-refractivity contribution is -0.122. The highest BCUT2D eigenvalue weighted by Crippen LogP contribution is 2.39. The molecule has 1 saturated heterocycles. The van der Waals surface area contributed by atoms with Gasteiger partial charge in [-0.3, -0.25) is 9.69 Å². The summed E-state index contributed by atoms with van der Waals surface area (Å²) in [5.74, 6) is -0.608. The first-order chi connectivity index (χ1) is 17.8. The van der Waals surface area contributed by atoms with E-state index in [0.717, 1.165) is 5.56 Å². The number of amides is 1. The van der Waals surface area contributed by atoms with Gasteiger partial charge in [0.05, 0.1) is 23.3 Å². The van der Waals surface area contributed by atoms with E-state index < -0.39 is 5.97 Å². The van der Waals surface area contributed by atoms with Crippen LogP contribution in [0.4, 0.5) is 10.1 Å². The van der Waals surface area contributed by atoms with Crippen molar-refractivity contribution in [3.05, 3.63) is 92.5 Å². The van der Waals surface area contributed by atoms with Crippen molar-refractivity contribution in [2.24, 2.45) is 4.99 Å². The van der Waals surface area contributed by atoms with Crippen LogP contribution in [0.15, 0.2) is 75.0 Å². The fourth-order valence-corrected chi connectivity index (χ4v) is 5.00. The van der Waals surface area contributed by atoms with Crippen LogP contribution < -0.4 is 9.47 Å². The Morgan fingerprint density at radius 3 is 2.59 bits per heavy atom. The Bertz CT molecular complexity index is 1410. The summed E-state index contributed by atoms with van der Waals surface area (Å²) in [7, 11) is 1.52. The predicted octanol–water partition coefficient (Wildman–Crippen LogP) is 6.50. The van der Waals surface area contributed by atoms with Gasteiger partial charge in [0.2, 0.25) is 0 Å². The van der Waals surface area contributed by atoms with Crippen LogP contribution in [-0.2, 0) is 11.4 Å². The number of carboxylic acid groups (broad SMARTS) is 1. The van der Waals surface area contributed by atoms with Gasteiger partial charge in [0.1, 0.15) is 12.4 Å². The minimum atomic E-state index is -1.05. The second kappa shape index (κ2) is 11.6. The maximum atomic E-state index is 13.2. The van der Waals surface area contributed by atoms with Gasteiger partial charge in [-0.15, -0.1) is 0 Å². The third-order valence-electron chi connectivity index (χ3n) is 5.40. The summed E-state index contributed by atoms with van der Waals surface area (Å²) in [5, 5.41) is 9.70. The molecule has 1 fully saturated rings. The molecule has 10 heteroatoms. The number of nitrogens with zero attached hydrogens (tertiary/aromatic N) is 2. The SMILES string of the molecule is CCN1C(=O)C(=Cc2cc(OC)c(OCc3ccc(F)cc3)cc2Br)SC1=Nc1cccc(C(=O)O)c1. The number of ether oxygens (including phenoxy) is 2. The molecular formula is C27H22BrFN2O5S. The highest BCUT2D eigenvalue weighted by atomic mass is 79.9. The normalized spacial score (nSPS) is 15.5. The van der Waals surface area contributed by atoms with Gasteiger partial charge < -0.3 is 14.6 Å². The number of thioether (sulfide) groups is 1. The van der Waals surface area contributed by atoms with Crippen molar-refractivity contribution in [2.75, 3.05) is 13.7 Å². The summed E-state index contributed by atoms with van der Waals surface area (Å²) in [4.78, 5) is 30.9. The van der Waals surface area contributed by atoms with E-state index in [2.05, 4.69) is 20.9 Å². The average Bonchev–Trinajstić information content (AvgIpc) is 3.18. The van der Waals surface area contributed by atoms with Gasteiger partial charge in [0.15, 0.2) is 16.7 Å². The molecule has 0 unspecified atom stereocenters. The van der Waals surface area contributed by atoms with E-state index in [1.54, 1.807) is 42.5 Å². The summed E-state index contributed by atoms with van der Waals surface area (Å²) >= 11 is 4.75. The van der Waals surface area contributed by atoms with Crippen molar-refractivity contribution in [3.63, 3.8) is 0 Å². The van der Waals surface area contributed by atoms with E-state index in [1.165, 1.54) is 48.0 Å². The Kier molecular flexibility index (Phi) is 8.30. The highest BCUT2D eigenvalue weighted by molar-refractivity contribution is 9.10. The molecule has 1 aliphatic heterocycles. The number of halogens is 2. The molecule has 0 atom stereocenters. The Morgan fingerprint density at radius 2 is 1.92 bits per heavy atom. The molecule has 1 heterocycles. The summed E-state index contributed by atoms with van der Waals surface area (Å²) in [6.45, 7) is 2.48. The third kappa shape index (κ3) is 6.20. The number of carbonyl (C=O) groups is 2. The standard InChI is InChI=1S/C27H22BrFN2O5S/c1-3-31-25(32)24(37-27(31)30-20-6-4-5-17(11-20)26(33)34)13-18-12-22(35-2)23(14-21(18)28)36-15-16-7-9-19(29)10-8-16/h4-14H,3,15H2,1-2H3,(H,33,34).